The van der Waals surface area contributed by atoms with Gasteiger partial charge in [0, 0.05) is 11.3 Å². The van der Waals surface area contributed by atoms with Crippen LogP contribution in [-0.2, 0) is 13.8 Å². The van der Waals surface area contributed by atoms with Gasteiger partial charge in [-0.25, -0.2) is 14.8 Å². The zero-order valence-electron chi connectivity index (χ0n) is 14.4. The molecule has 10 heteroatoms. The number of carbonyl (C=O) groups is 1. The maximum absolute atomic E-state index is 12.7. The molecule has 1 rings (SSSR count). The number of nitrogens with zero attached hydrogens (tertiary/aromatic N) is 1. The van der Waals surface area contributed by atoms with Crippen LogP contribution in [0, 0.1) is 0 Å². The quantitative estimate of drug-likeness (QED) is 0.330. The van der Waals surface area contributed by atoms with E-state index in [9.17, 15) is 9.36 Å². The Morgan fingerprint density at radius 1 is 1.36 bits per heavy atom. The number of carbonyl (C=O) groups excluding carboxylic acids is 1. The van der Waals surface area contributed by atoms with E-state index >= 15 is 0 Å². The van der Waals surface area contributed by atoms with Gasteiger partial charge in [0.25, 0.3) is 0 Å². The molecule has 1 N–H and O–H groups in total. The predicted octanol–water partition coefficient (Wildman–Crippen LogP) is 5.09. The summed E-state index contributed by atoms with van der Waals surface area (Å²) in [4.78, 5) is 11.2. The fourth-order valence-corrected chi connectivity index (χ4v) is 5.31. The zero-order chi connectivity index (χ0) is 18.7. The second kappa shape index (κ2) is 11.4. The molecule has 0 saturated carbocycles. The molecule has 1 aromatic rings. The number of amides is 1. The lowest BCUT2D eigenvalue weighted by Crippen LogP contribution is -2.18. The fraction of sp³-hybridized carbons (Fsp3) is 0.467. The highest BCUT2D eigenvalue weighted by Gasteiger charge is 2.27. The van der Waals surface area contributed by atoms with E-state index in [2.05, 4.69) is 15.3 Å². The first-order valence-electron chi connectivity index (χ1n) is 7.78. The Hall–Kier alpha value is -1.21. The monoisotopic (exact) mass is 408 g/mol. The van der Waals surface area contributed by atoms with E-state index in [0.717, 1.165) is 17.8 Å². The van der Waals surface area contributed by atoms with E-state index in [1.165, 1.54) is 6.21 Å². The van der Waals surface area contributed by atoms with Crippen molar-refractivity contribution in [3.05, 3.63) is 28.8 Å². The molecule has 1 atom stereocenters. The largest absolute Gasteiger partial charge is 0.449 e. The standard InChI is InChI=1S/C15H22ClN2O5PS/c1-4-10-25-24(20,22-6-3)23-13-9-7-8-12(14(13)16)11-17-18-15(19)21-5-2/h7-9,11H,4-6,10H2,1-3H3,(H,18,19). The molecule has 0 radical (unpaired) electrons. The molecule has 1 amide bonds. The number of hydrogen-bond acceptors (Lipinski definition) is 7. The average Bonchev–Trinajstić information content (AvgIpc) is 2.57. The molecule has 0 bridgehead atoms. The first kappa shape index (κ1) is 21.8. The molecule has 140 valence electrons. The minimum atomic E-state index is -3.36. The number of ether oxygens (including phenoxy) is 1. The summed E-state index contributed by atoms with van der Waals surface area (Å²) in [7, 11) is 0. The van der Waals surface area contributed by atoms with E-state index < -0.39 is 12.9 Å². The van der Waals surface area contributed by atoms with Crippen LogP contribution in [0.3, 0.4) is 0 Å². The number of halogens is 1. The summed E-state index contributed by atoms with van der Waals surface area (Å²) in [5, 5.41) is 3.97. The zero-order valence-corrected chi connectivity index (χ0v) is 16.8. The van der Waals surface area contributed by atoms with Crippen LogP contribution in [0.4, 0.5) is 4.79 Å². The Morgan fingerprint density at radius 3 is 2.76 bits per heavy atom. The number of hydrazone groups is 1. The Bertz CT molecular complexity index is 644. The second-order valence-electron chi connectivity index (χ2n) is 4.54. The molecular formula is C15H22ClN2O5PS. The lowest BCUT2D eigenvalue weighted by Gasteiger charge is -2.18. The van der Waals surface area contributed by atoms with Crippen LogP contribution >= 0.6 is 29.8 Å². The molecule has 1 aromatic carbocycles. The third kappa shape index (κ3) is 7.69. The normalized spacial score (nSPS) is 13.4. The topological polar surface area (TPSA) is 86.2 Å². The van der Waals surface area contributed by atoms with E-state index in [-0.39, 0.29) is 24.0 Å². The highest BCUT2D eigenvalue weighted by molar-refractivity contribution is 8.55. The van der Waals surface area contributed by atoms with Crippen molar-refractivity contribution in [2.75, 3.05) is 19.0 Å². The molecule has 0 aromatic heterocycles. The molecule has 0 aliphatic carbocycles. The van der Waals surface area contributed by atoms with Gasteiger partial charge in [0.2, 0.25) is 0 Å². The van der Waals surface area contributed by atoms with Crippen molar-refractivity contribution in [2.45, 2.75) is 27.2 Å². The Kier molecular flexibility index (Phi) is 9.97. The minimum Gasteiger partial charge on any atom is -0.449 e. The highest BCUT2D eigenvalue weighted by Crippen LogP contribution is 2.60. The van der Waals surface area contributed by atoms with E-state index in [1.807, 2.05) is 6.92 Å². The van der Waals surface area contributed by atoms with Crippen molar-refractivity contribution in [3.63, 3.8) is 0 Å². The maximum atomic E-state index is 12.7. The first-order valence-corrected chi connectivity index (χ1v) is 11.3. The van der Waals surface area contributed by atoms with Gasteiger partial charge in [-0.3, -0.25) is 4.52 Å². The van der Waals surface area contributed by atoms with Gasteiger partial charge in [0.1, 0.15) is 5.75 Å². The maximum Gasteiger partial charge on any atom is 0.440 e. The third-order valence-electron chi connectivity index (χ3n) is 2.58. The summed E-state index contributed by atoms with van der Waals surface area (Å²) in [5.74, 6) is 0.863. The summed E-state index contributed by atoms with van der Waals surface area (Å²) in [6.45, 7) is 2.56. The molecule has 0 heterocycles. The average molecular weight is 409 g/mol. The van der Waals surface area contributed by atoms with Gasteiger partial charge in [-0.1, -0.05) is 30.7 Å². The van der Waals surface area contributed by atoms with Crippen molar-refractivity contribution < 1.29 is 23.1 Å². The van der Waals surface area contributed by atoms with Gasteiger partial charge in [0.15, 0.2) is 0 Å². The molecule has 25 heavy (non-hydrogen) atoms. The molecule has 0 aliphatic rings. The summed E-state index contributed by atoms with van der Waals surface area (Å²) in [5.41, 5.74) is 2.69. The first-order chi connectivity index (χ1) is 12.0. The van der Waals surface area contributed by atoms with Gasteiger partial charge >= 0.3 is 12.9 Å². The minimum absolute atomic E-state index is 0.217. The van der Waals surface area contributed by atoms with E-state index in [4.69, 9.17) is 20.6 Å². The lowest BCUT2D eigenvalue weighted by molar-refractivity contribution is 0.152. The Labute approximate surface area is 156 Å². The summed E-state index contributed by atoms with van der Waals surface area (Å²) in [6.07, 6.45) is 1.51. The van der Waals surface area contributed by atoms with E-state index in [0.29, 0.717) is 11.3 Å². The molecular weight excluding hydrogens is 387 g/mol. The summed E-state index contributed by atoms with van der Waals surface area (Å²) >= 11 is 7.41. The summed E-state index contributed by atoms with van der Waals surface area (Å²) in [6, 6.07) is 4.95. The molecule has 7 nitrogen and oxygen atoms in total. The van der Waals surface area contributed by atoms with Crippen LogP contribution in [0.5, 0.6) is 5.75 Å². The second-order valence-corrected chi connectivity index (χ2v) is 9.04. The van der Waals surface area contributed by atoms with Gasteiger partial charge in [0.05, 0.1) is 24.5 Å². The molecule has 0 saturated heterocycles. The van der Waals surface area contributed by atoms with Crippen molar-refractivity contribution >= 4 is 42.1 Å². The number of nitrogens with one attached hydrogen (secondary N) is 1. The van der Waals surface area contributed by atoms with Gasteiger partial charge in [-0.05, 0) is 37.7 Å². The number of rotatable bonds is 10. The number of benzene rings is 1. The predicted molar refractivity (Wildman–Crippen MR) is 102 cm³/mol. The van der Waals surface area contributed by atoms with E-state index in [1.54, 1.807) is 32.0 Å². The van der Waals surface area contributed by atoms with Crippen LogP contribution < -0.4 is 9.95 Å². The smallest absolute Gasteiger partial charge is 0.440 e. The van der Waals surface area contributed by atoms with Crippen LogP contribution in [0.2, 0.25) is 5.02 Å². The van der Waals surface area contributed by atoms with Crippen LogP contribution in [0.15, 0.2) is 23.3 Å². The molecule has 0 aliphatic heterocycles. The molecule has 0 spiro atoms. The van der Waals surface area contributed by atoms with Crippen LogP contribution in [-0.4, -0.2) is 31.3 Å². The molecule has 1 unspecified atom stereocenters. The Balaban J connectivity index is 2.89. The lowest BCUT2D eigenvalue weighted by atomic mass is 10.2. The van der Waals surface area contributed by atoms with Crippen molar-refractivity contribution in [1.29, 1.82) is 0 Å². The summed E-state index contributed by atoms with van der Waals surface area (Å²) < 4.78 is 28.3. The van der Waals surface area contributed by atoms with Gasteiger partial charge < -0.3 is 9.26 Å². The fourth-order valence-electron chi connectivity index (χ4n) is 1.59. The Morgan fingerprint density at radius 2 is 2.12 bits per heavy atom. The van der Waals surface area contributed by atoms with Crippen LogP contribution in [0.25, 0.3) is 0 Å². The van der Waals surface area contributed by atoms with Crippen LogP contribution in [0.1, 0.15) is 32.8 Å². The molecule has 0 fully saturated rings. The third-order valence-corrected chi connectivity index (χ3v) is 6.92. The van der Waals surface area contributed by atoms with Crippen molar-refractivity contribution in [3.8, 4) is 5.75 Å². The number of hydrogen-bond donors (Lipinski definition) is 1. The van der Waals surface area contributed by atoms with Gasteiger partial charge in [-0.2, -0.15) is 5.10 Å². The SMILES string of the molecule is CCCSP(=O)(OCC)Oc1cccc(C=NNC(=O)OCC)c1Cl. The van der Waals surface area contributed by atoms with Gasteiger partial charge in [-0.15, -0.1) is 0 Å². The highest BCUT2D eigenvalue weighted by atomic mass is 35.5. The van der Waals surface area contributed by atoms with Crippen molar-refractivity contribution in [2.24, 2.45) is 5.10 Å². The van der Waals surface area contributed by atoms with Crippen molar-refractivity contribution in [1.82, 2.24) is 5.43 Å².